The summed E-state index contributed by atoms with van der Waals surface area (Å²) < 4.78 is 5.64. The highest BCUT2D eigenvalue weighted by Crippen LogP contribution is 2.49. The van der Waals surface area contributed by atoms with Gasteiger partial charge in [-0.05, 0) is 24.1 Å². The number of carbonyl (C=O) groups is 2. The highest BCUT2D eigenvalue weighted by molar-refractivity contribution is 8.03. The number of nitrogens with one attached hydrogen (secondary N) is 1. The lowest BCUT2D eigenvalue weighted by Crippen LogP contribution is -2.31. The molecule has 1 atom stereocenters. The predicted molar refractivity (Wildman–Crippen MR) is 104 cm³/mol. The van der Waals surface area contributed by atoms with E-state index in [0.717, 1.165) is 27.6 Å². The molecule has 1 unspecified atom stereocenters. The molecule has 1 N–H and O–H groups in total. The van der Waals surface area contributed by atoms with E-state index in [1.54, 1.807) is 0 Å². The molecule has 0 aromatic heterocycles. The maximum atomic E-state index is 13.0. The van der Waals surface area contributed by atoms with Crippen molar-refractivity contribution >= 4 is 29.2 Å². The normalized spacial score (nSPS) is 24.2. The fourth-order valence-electron chi connectivity index (χ4n) is 3.93. The Balaban J connectivity index is 1.71. The van der Waals surface area contributed by atoms with E-state index in [1.807, 2.05) is 54.6 Å². The molecule has 2 aromatic rings. The van der Waals surface area contributed by atoms with E-state index < -0.39 is 0 Å². The number of rotatable bonds is 1. The summed E-state index contributed by atoms with van der Waals surface area (Å²) in [5, 5.41) is 4.10. The van der Waals surface area contributed by atoms with E-state index >= 15 is 0 Å². The number of esters is 1. The first-order valence-corrected chi connectivity index (χ1v) is 9.85. The van der Waals surface area contributed by atoms with Crippen LogP contribution in [0.4, 0.5) is 5.69 Å². The van der Waals surface area contributed by atoms with Gasteiger partial charge in [-0.1, -0.05) is 54.2 Å². The molecule has 3 aliphatic rings. The quantitative estimate of drug-likeness (QED) is 0.575. The van der Waals surface area contributed by atoms with Gasteiger partial charge in [-0.3, -0.25) is 4.79 Å². The Morgan fingerprint density at radius 2 is 1.70 bits per heavy atom. The summed E-state index contributed by atoms with van der Waals surface area (Å²) in [5.41, 5.74) is 3.08. The van der Waals surface area contributed by atoms with Crippen molar-refractivity contribution in [3.63, 3.8) is 0 Å². The van der Waals surface area contributed by atoms with Gasteiger partial charge in [0.25, 0.3) is 0 Å². The van der Waals surface area contributed by atoms with E-state index in [9.17, 15) is 9.59 Å². The van der Waals surface area contributed by atoms with Crippen LogP contribution >= 0.6 is 11.8 Å². The van der Waals surface area contributed by atoms with Gasteiger partial charge in [-0.2, -0.15) is 0 Å². The molecule has 4 nitrogen and oxygen atoms in total. The lowest BCUT2D eigenvalue weighted by molar-refractivity contribution is -0.137. The SMILES string of the molecule is O=C1CCCC2=C1C(c1ccccc1)/C(=C1/Nc3ccccc3S1)C(=O)O2. The Kier molecular flexibility index (Phi) is 3.90. The first-order chi connectivity index (χ1) is 13.2. The molecule has 5 heteroatoms. The fraction of sp³-hybridized carbons (Fsp3) is 0.182. The number of para-hydroxylation sites is 1. The van der Waals surface area contributed by atoms with Crippen molar-refractivity contribution in [2.24, 2.45) is 0 Å². The maximum absolute atomic E-state index is 13.0. The van der Waals surface area contributed by atoms with Crippen LogP contribution in [0, 0.1) is 0 Å². The molecule has 0 saturated heterocycles. The van der Waals surface area contributed by atoms with Crippen LogP contribution in [0.5, 0.6) is 0 Å². The smallest absolute Gasteiger partial charge is 0.342 e. The summed E-state index contributed by atoms with van der Waals surface area (Å²) in [6.07, 6.45) is 1.87. The van der Waals surface area contributed by atoms with Crippen LogP contribution in [0.1, 0.15) is 30.7 Å². The van der Waals surface area contributed by atoms with Crippen LogP contribution < -0.4 is 5.32 Å². The van der Waals surface area contributed by atoms with Crippen molar-refractivity contribution in [2.45, 2.75) is 30.1 Å². The summed E-state index contributed by atoms with van der Waals surface area (Å²) in [6, 6.07) is 17.7. The van der Waals surface area contributed by atoms with E-state index in [-0.39, 0.29) is 17.7 Å². The largest absolute Gasteiger partial charge is 0.427 e. The molecular formula is C22H17NO3S. The molecular weight excluding hydrogens is 358 g/mol. The second kappa shape index (κ2) is 6.43. The van der Waals surface area contributed by atoms with Gasteiger partial charge in [0.05, 0.1) is 22.2 Å². The van der Waals surface area contributed by atoms with Crippen molar-refractivity contribution in [3.8, 4) is 0 Å². The minimum Gasteiger partial charge on any atom is -0.427 e. The third-order valence-corrected chi connectivity index (χ3v) is 6.25. The summed E-state index contributed by atoms with van der Waals surface area (Å²) in [6.45, 7) is 0. The fourth-order valence-corrected chi connectivity index (χ4v) is 5.00. The molecule has 5 rings (SSSR count). The molecule has 2 heterocycles. The van der Waals surface area contributed by atoms with Gasteiger partial charge in [0.15, 0.2) is 5.78 Å². The zero-order chi connectivity index (χ0) is 18.4. The second-order valence-corrected chi connectivity index (χ2v) is 7.87. The summed E-state index contributed by atoms with van der Waals surface area (Å²) >= 11 is 1.52. The van der Waals surface area contributed by atoms with Crippen LogP contribution in [0.15, 0.2) is 81.4 Å². The third kappa shape index (κ3) is 2.70. The molecule has 0 spiro atoms. The Bertz CT molecular complexity index is 996. The lowest BCUT2D eigenvalue weighted by Gasteiger charge is -2.32. The monoisotopic (exact) mass is 375 g/mol. The van der Waals surface area contributed by atoms with Gasteiger partial charge in [0.1, 0.15) is 5.76 Å². The minimum absolute atomic E-state index is 0.0798. The molecule has 0 radical (unpaired) electrons. The molecule has 0 fully saturated rings. The Labute approximate surface area is 161 Å². The van der Waals surface area contributed by atoms with Crippen LogP contribution in [-0.2, 0) is 14.3 Å². The van der Waals surface area contributed by atoms with Crippen LogP contribution in [0.2, 0.25) is 0 Å². The first kappa shape index (κ1) is 16.4. The Morgan fingerprint density at radius 1 is 0.926 bits per heavy atom. The molecule has 0 bridgehead atoms. The van der Waals surface area contributed by atoms with Gasteiger partial charge in [-0.15, -0.1) is 0 Å². The zero-order valence-electron chi connectivity index (χ0n) is 14.5. The predicted octanol–water partition coefficient (Wildman–Crippen LogP) is 4.76. The van der Waals surface area contributed by atoms with Gasteiger partial charge in [0, 0.05) is 23.3 Å². The van der Waals surface area contributed by atoms with Crippen molar-refractivity contribution in [2.75, 3.05) is 5.32 Å². The van der Waals surface area contributed by atoms with Crippen LogP contribution in [0.3, 0.4) is 0 Å². The van der Waals surface area contributed by atoms with Crippen molar-refractivity contribution in [1.82, 2.24) is 0 Å². The average Bonchev–Trinajstić information content (AvgIpc) is 3.11. The second-order valence-electron chi connectivity index (χ2n) is 6.81. The van der Waals surface area contributed by atoms with Gasteiger partial charge in [-0.25, -0.2) is 4.79 Å². The number of anilines is 1. The molecule has 134 valence electrons. The number of ketones is 1. The number of ether oxygens (including phenoxy) is 1. The van der Waals surface area contributed by atoms with Gasteiger partial charge >= 0.3 is 5.97 Å². The van der Waals surface area contributed by atoms with Crippen molar-refractivity contribution < 1.29 is 14.3 Å². The van der Waals surface area contributed by atoms with Crippen molar-refractivity contribution in [1.29, 1.82) is 0 Å². The molecule has 2 aromatic carbocycles. The lowest BCUT2D eigenvalue weighted by atomic mass is 9.77. The number of hydrogen-bond acceptors (Lipinski definition) is 5. The number of benzene rings is 2. The van der Waals surface area contributed by atoms with Gasteiger partial charge in [0.2, 0.25) is 0 Å². The van der Waals surface area contributed by atoms with Crippen LogP contribution in [-0.4, -0.2) is 11.8 Å². The van der Waals surface area contributed by atoms with E-state index in [0.29, 0.717) is 29.7 Å². The first-order valence-electron chi connectivity index (χ1n) is 9.04. The Morgan fingerprint density at radius 3 is 2.52 bits per heavy atom. The third-order valence-electron chi connectivity index (χ3n) is 5.15. The molecule has 27 heavy (non-hydrogen) atoms. The zero-order valence-corrected chi connectivity index (χ0v) is 15.3. The van der Waals surface area contributed by atoms with E-state index in [4.69, 9.17) is 4.74 Å². The maximum Gasteiger partial charge on any atom is 0.342 e. The van der Waals surface area contributed by atoms with Crippen molar-refractivity contribution in [3.05, 3.63) is 82.1 Å². The van der Waals surface area contributed by atoms with Crippen LogP contribution in [0.25, 0.3) is 0 Å². The highest BCUT2D eigenvalue weighted by atomic mass is 32.2. The Hall–Kier alpha value is -2.79. The molecule has 2 aliphatic heterocycles. The minimum atomic E-state index is -0.389. The number of carbonyl (C=O) groups excluding carboxylic acids is 2. The molecule has 1 aliphatic carbocycles. The topological polar surface area (TPSA) is 55.4 Å². The summed E-state index contributed by atoms with van der Waals surface area (Å²) in [5.74, 6) is -0.120. The highest BCUT2D eigenvalue weighted by Gasteiger charge is 2.42. The molecule has 0 saturated carbocycles. The van der Waals surface area contributed by atoms with E-state index in [1.165, 1.54) is 11.8 Å². The number of allylic oxidation sites excluding steroid dienone is 2. The summed E-state index contributed by atoms with van der Waals surface area (Å²) in [7, 11) is 0. The number of fused-ring (bicyclic) bond motifs is 1. The standard InChI is InChI=1S/C22H17NO3S/c24-15-10-6-11-16-19(15)18(13-7-2-1-3-8-13)20(22(25)26-16)21-23-14-9-4-5-12-17(14)27-21/h1-5,7-9,12,18,23H,6,10-11H2/b21-20+. The number of hydrogen-bond donors (Lipinski definition) is 1. The van der Waals surface area contributed by atoms with Gasteiger partial charge < -0.3 is 10.1 Å². The number of thioether (sulfide) groups is 1. The van der Waals surface area contributed by atoms with E-state index in [2.05, 4.69) is 5.32 Å². The number of Topliss-reactive ketones (excluding diaryl/α,β-unsaturated/α-hetero) is 1. The summed E-state index contributed by atoms with van der Waals surface area (Å²) in [4.78, 5) is 26.9. The average molecular weight is 375 g/mol. The molecule has 0 amide bonds.